The molecule has 1 heteroatoms. The summed E-state index contributed by atoms with van der Waals surface area (Å²) in [6.07, 6.45) is 14.7. The van der Waals surface area contributed by atoms with Gasteiger partial charge in [0.1, 0.15) is 0 Å². The monoisotopic (exact) mass is 346 g/mol. The predicted molar refractivity (Wildman–Crippen MR) is 82.1 cm³/mol. The summed E-state index contributed by atoms with van der Waals surface area (Å²) in [4.78, 5) is 0. The van der Waals surface area contributed by atoms with Gasteiger partial charge in [-0.05, 0) is 0 Å². The van der Waals surface area contributed by atoms with Crippen molar-refractivity contribution in [2.75, 3.05) is 0 Å². The van der Waals surface area contributed by atoms with Crippen LogP contribution in [0.1, 0.15) is 85.0 Å². The number of hydrogen-bond acceptors (Lipinski definition) is 0. The number of rotatable bonds is 13. The molecule has 0 aliphatic heterocycles. The van der Waals surface area contributed by atoms with Crippen LogP contribution < -0.4 is 0 Å². The zero-order valence-corrected chi connectivity index (χ0v) is 15.4. The van der Waals surface area contributed by atoms with Crippen molar-refractivity contribution >= 4 is 21.1 Å². The molecule has 0 amide bonds. The summed E-state index contributed by atoms with van der Waals surface area (Å²) in [6, 6.07) is 0. The zero-order valence-electron chi connectivity index (χ0n) is 12.6. The Bertz CT molecular complexity index is 133. The zero-order chi connectivity index (χ0) is 12.8. The van der Waals surface area contributed by atoms with E-state index >= 15 is 0 Å². The molecule has 1 atom stereocenters. The molecular formula is C16H34Sn. The SMILES string of the molecule is CCCCCCC[CH2][Sn][CH2]C(CC)CCCC. The molecule has 0 aromatic carbocycles. The molecule has 0 aliphatic carbocycles. The molecule has 102 valence electrons. The maximum absolute atomic E-state index is 2.39. The molecule has 2 radical (unpaired) electrons. The van der Waals surface area contributed by atoms with Crippen molar-refractivity contribution in [3.05, 3.63) is 0 Å². The molecule has 0 N–H and O–H groups in total. The van der Waals surface area contributed by atoms with Gasteiger partial charge in [-0.2, -0.15) is 0 Å². The standard InChI is InChI=1S/2C8H17.Sn/c1-4-6-7-8(3)5-2;1-3-5-7-8-6-4-2;/h8H,3-7H2,1-2H3;1,3-8H2,2H3;. The van der Waals surface area contributed by atoms with Gasteiger partial charge >= 0.3 is 121 Å². The average Bonchev–Trinajstić information content (AvgIpc) is 2.36. The fourth-order valence-corrected chi connectivity index (χ4v) is 6.86. The third kappa shape index (κ3) is 13.0. The topological polar surface area (TPSA) is 0 Å². The first-order valence-corrected chi connectivity index (χ1v) is 12.1. The molecule has 0 bridgehead atoms. The molecular weight excluding hydrogens is 311 g/mol. The van der Waals surface area contributed by atoms with Crippen molar-refractivity contribution in [2.24, 2.45) is 5.92 Å². The molecule has 0 fully saturated rings. The van der Waals surface area contributed by atoms with Crippen molar-refractivity contribution in [3.63, 3.8) is 0 Å². The Morgan fingerprint density at radius 2 is 1.41 bits per heavy atom. The fourth-order valence-electron chi connectivity index (χ4n) is 2.28. The summed E-state index contributed by atoms with van der Waals surface area (Å²) in [7, 11) is 0. The second-order valence-electron chi connectivity index (χ2n) is 5.39. The summed E-state index contributed by atoms with van der Waals surface area (Å²) < 4.78 is 3.31. The first kappa shape index (κ1) is 17.8. The summed E-state index contributed by atoms with van der Waals surface area (Å²) in [5.41, 5.74) is 0. The second-order valence-corrected chi connectivity index (χ2v) is 9.41. The number of unbranched alkanes of at least 4 members (excludes halogenated alkanes) is 6. The van der Waals surface area contributed by atoms with E-state index in [0.29, 0.717) is 0 Å². The van der Waals surface area contributed by atoms with Gasteiger partial charge in [0.15, 0.2) is 0 Å². The first-order chi connectivity index (χ1) is 8.35. The Morgan fingerprint density at radius 1 is 0.765 bits per heavy atom. The Hall–Kier alpha value is 0.799. The molecule has 0 spiro atoms. The normalized spacial score (nSPS) is 12.9. The van der Waals surface area contributed by atoms with Crippen LogP contribution in [0.5, 0.6) is 0 Å². The van der Waals surface area contributed by atoms with E-state index in [-0.39, 0.29) is 21.1 Å². The predicted octanol–water partition coefficient (Wildman–Crippen LogP) is 6.10. The quantitative estimate of drug-likeness (QED) is 0.279. The van der Waals surface area contributed by atoms with E-state index in [1.807, 2.05) is 0 Å². The van der Waals surface area contributed by atoms with Crippen molar-refractivity contribution in [3.8, 4) is 0 Å². The van der Waals surface area contributed by atoms with Crippen LogP contribution in [0.4, 0.5) is 0 Å². The van der Waals surface area contributed by atoms with Crippen molar-refractivity contribution in [1.29, 1.82) is 0 Å². The van der Waals surface area contributed by atoms with Gasteiger partial charge in [0.2, 0.25) is 0 Å². The summed E-state index contributed by atoms with van der Waals surface area (Å²) in [5.74, 6) is 1.10. The second kappa shape index (κ2) is 14.9. The minimum atomic E-state index is 0.0174. The third-order valence-corrected chi connectivity index (χ3v) is 8.17. The first-order valence-electron chi connectivity index (χ1n) is 8.05. The Balaban J connectivity index is 3.19. The number of hydrogen-bond donors (Lipinski definition) is 0. The van der Waals surface area contributed by atoms with Crippen molar-refractivity contribution in [1.82, 2.24) is 0 Å². The van der Waals surface area contributed by atoms with E-state index in [1.165, 1.54) is 57.8 Å². The molecule has 0 heterocycles. The van der Waals surface area contributed by atoms with Gasteiger partial charge in [-0.1, -0.05) is 0 Å². The van der Waals surface area contributed by atoms with E-state index in [9.17, 15) is 0 Å². The molecule has 0 aliphatic rings. The summed E-state index contributed by atoms with van der Waals surface area (Å²) in [6.45, 7) is 7.02. The minimum absolute atomic E-state index is 0.0174. The van der Waals surface area contributed by atoms with Gasteiger partial charge < -0.3 is 0 Å². The van der Waals surface area contributed by atoms with Gasteiger partial charge in [-0.15, -0.1) is 0 Å². The van der Waals surface area contributed by atoms with Crippen molar-refractivity contribution in [2.45, 2.75) is 93.9 Å². The van der Waals surface area contributed by atoms with Gasteiger partial charge in [0.25, 0.3) is 0 Å². The molecule has 1 unspecified atom stereocenters. The van der Waals surface area contributed by atoms with Gasteiger partial charge in [0.05, 0.1) is 0 Å². The van der Waals surface area contributed by atoms with Gasteiger partial charge in [-0.3, -0.25) is 0 Å². The van der Waals surface area contributed by atoms with Gasteiger partial charge in [-0.25, -0.2) is 0 Å². The molecule has 0 rings (SSSR count). The van der Waals surface area contributed by atoms with Gasteiger partial charge in [0, 0.05) is 0 Å². The van der Waals surface area contributed by atoms with Crippen LogP contribution >= 0.6 is 0 Å². The Kier molecular flexibility index (Phi) is 15.6. The van der Waals surface area contributed by atoms with Crippen LogP contribution in [0, 0.1) is 5.92 Å². The third-order valence-electron chi connectivity index (χ3n) is 3.68. The fraction of sp³-hybridized carbons (Fsp3) is 1.00. The Morgan fingerprint density at radius 3 is 2.06 bits per heavy atom. The van der Waals surface area contributed by atoms with Crippen molar-refractivity contribution < 1.29 is 0 Å². The molecule has 0 nitrogen and oxygen atoms in total. The molecule has 0 aromatic rings. The molecule has 0 aromatic heterocycles. The van der Waals surface area contributed by atoms with Crippen LogP contribution in [-0.2, 0) is 0 Å². The van der Waals surface area contributed by atoms with E-state index in [4.69, 9.17) is 0 Å². The molecule has 17 heavy (non-hydrogen) atoms. The summed E-state index contributed by atoms with van der Waals surface area (Å²) in [5, 5.41) is 0. The van der Waals surface area contributed by atoms with E-state index in [1.54, 1.807) is 15.3 Å². The van der Waals surface area contributed by atoms with E-state index < -0.39 is 0 Å². The van der Waals surface area contributed by atoms with Crippen LogP contribution in [0.25, 0.3) is 0 Å². The van der Waals surface area contributed by atoms with Crippen LogP contribution in [0.2, 0.25) is 8.87 Å². The van der Waals surface area contributed by atoms with E-state index in [0.717, 1.165) is 5.92 Å². The van der Waals surface area contributed by atoms with Crippen LogP contribution in [0.15, 0.2) is 0 Å². The Labute approximate surface area is 121 Å². The van der Waals surface area contributed by atoms with E-state index in [2.05, 4.69) is 20.8 Å². The molecule has 0 saturated heterocycles. The summed E-state index contributed by atoms with van der Waals surface area (Å²) >= 11 is 0.0174. The average molecular weight is 345 g/mol. The maximum atomic E-state index is 2.39. The molecule has 0 saturated carbocycles. The van der Waals surface area contributed by atoms with Crippen LogP contribution in [-0.4, -0.2) is 21.1 Å². The van der Waals surface area contributed by atoms with Crippen LogP contribution in [0.3, 0.4) is 0 Å².